The fourth-order valence-electron chi connectivity index (χ4n) is 12.6. The van der Waals surface area contributed by atoms with Gasteiger partial charge in [-0.3, -0.25) is 0 Å². The molecule has 332 valence electrons. The highest BCUT2D eigenvalue weighted by Gasteiger charge is 2.22. The first-order valence-electron chi connectivity index (χ1n) is 24.8. The molecule has 0 amide bonds. The minimum Gasteiger partial charge on any atom is -0.135 e. The fourth-order valence-corrected chi connectivity index (χ4v) is 14.9. The molecule has 0 aliphatic heterocycles. The Morgan fingerprint density at radius 2 is 0.500 bits per heavy atom. The Kier molecular flexibility index (Phi) is 8.59. The zero-order chi connectivity index (χ0) is 47.0. The van der Waals surface area contributed by atoms with Crippen molar-refractivity contribution in [2.75, 3.05) is 0 Å². The van der Waals surface area contributed by atoms with Gasteiger partial charge in [0.1, 0.15) is 0 Å². The summed E-state index contributed by atoms with van der Waals surface area (Å²) in [6.45, 7) is 0. The highest BCUT2D eigenvalue weighted by molar-refractivity contribution is 7.26. The topological polar surface area (TPSA) is 0 Å². The van der Waals surface area contributed by atoms with Crippen LogP contribution in [-0.4, -0.2) is 0 Å². The standard InChI is InChI=1S/C70H40S2/c1-3-19-45-41(15-1)17-13-29-47(45)67-53-25-9-5-21-49(53)65(50-22-6-10-26-54(50)67)43-31-33-59-63(39-43)71-61-37-35-58-57(69(59)61)36-38-62-70(58)60-34-32-44(40-64(60)72-62)66-51-23-7-11-27-55(51)68(56-28-12-8-24-52(56)66)48-30-14-18-42-16-2-4-20-46(42)48/h1-40H. The largest absolute Gasteiger partial charge is 0.135 e. The van der Waals surface area contributed by atoms with E-state index in [1.807, 2.05) is 22.7 Å². The normalized spacial score (nSPS) is 12.2. The Labute approximate surface area is 422 Å². The molecule has 0 saturated heterocycles. The Balaban J connectivity index is 0.859. The molecule has 0 N–H and O–H groups in total. The van der Waals surface area contributed by atoms with Gasteiger partial charge in [-0.25, -0.2) is 0 Å². The summed E-state index contributed by atoms with van der Waals surface area (Å²) in [7, 11) is 0. The van der Waals surface area contributed by atoms with Gasteiger partial charge in [0.25, 0.3) is 0 Å². The quantitative estimate of drug-likeness (QED) is 0.154. The summed E-state index contributed by atoms with van der Waals surface area (Å²) in [5.41, 5.74) is 10.2. The van der Waals surface area contributed by atoms with E-state index in [1.54, 1.807) is 0 Å². The molecule has 0 aliphatic rings. The van der Waals surface area contributed by atoms with E-state index in [0.29, 0.717) is 0 Å². The molecule has 0 radical (unpaired) electrons. The number of thiophene rings is 2. The predicted octanol–water partition coefficient (Wildman–Crippen LogP) is 21.2. The summed E-state index contributed by atoms with van der Waals surface area (Å²) in [6.07, 6.45) is 0. The van der Waals surface area contributed by atoms with E-state index in [2.05, 4.69) is 243 Å². The molecule has 0 atom stereocenters. The fraction of sp³-hybridized carbons (Fsp3) is 0. The average molecular weight is 945 g/mol. The number of rotatable bonds is 4. The minimum atomic E-state index is 1.25. The van der Waals surface area contributed by atoms with Crippen LogP contribution in [0.5, 0.6) is 0 Å². The van der Waals surface area contributed by atoms with E-state index in [4.69, 9.17) is 0 Å². The van der Waals surface area contributed by atoms with Gasteiger partial charge in [-0.2, -0.15) is 0 Å². The monoisotopic (exact) mass is 944 g/mol. The molecule has 0 nitrogen and oxygen atoms in total. The summed E-state index contributed by atoms with van der Waals surface area (Å²) in [5.74, 6) is 0. The maximum Gasteiger partial charge on any atom is 0.0361 e. The highest BCUT2D eigenvalue weighted by Crippen LogP contribution is 2.50. The molecule has 0 fully saturated rings. The van der Waals surface area contributed by atoms with Crippen molar-refractivity contribution in [3.63, 3.8) is 0 Å². The van der Waals surface area contributed by atoms with E-state index in [0.717, 1.165) is 0 Å². The van der Waals surface area contributed by atoms with Crippen molar-refractivity contribution in [3.05, 3.63) is 243 Å². The number of hydrogen-bond acceptors (Lipinski definition) is 2. The number of benzene rings is 14. The third kappa shape index (κ3) is 5.73. The van der Waals surface area contributed by atoms with E-state index >= 15 is 0 Å². The van der Waals surface area contributed by atoms with Gasteiger partial charge in [0, 0.05) is 40.3 Å². The van der Waals surface area contributed by atoms with Gasteiger partial charge in [0.15, 0.2) is 0 Å². The minimum absolute atomic E-state index is 1.25. The summed E-state index contributed by atoms with van der Waals surface area (Å²) < 4.78 is 5.27. The van der Waals surface area contributed by atoms with E-state index in [-0.39, 0.29) is 0 Å². The molecule has 2 heteroatoms. The third-order valence-electron chi connectivity index (χ3n) is 15.6. The molecule has 2 heterocycles. The van der Waals surface area contributed by atoms with Crippen molar-refractivity contribution in [2.24, 2.45) is 0 Å². The van der Waals surface area contributed by atoms with E-state index in [9.17, 15) is 0 Å². The Bertz CT molecular complexity index is 4550. The van der Waals surface area contributed by atoms with Crippen LogP contribution in [0.3, 0.4) is 0 Å². The van der Waals surface area contributed by atoms with Crippen molar-refractivity contribution in [2.45, 2.75) is 0 Å². The lowest BCUT2D eigenvalue weighted by molar-refractivity contribution is 1.69. The molecule has 16 rings (SSSR count). The van der Waals surface area contributed by atoms with Crippen molar-refractivity contribution in [1.82, 2.24) is 0 Å². The van der Waals surface area contributed by atoms with Crippen molar-refractivity contribution >= 4 is 138 Å². The highest BCUT2D eigenvalue weighted by atomic mass is 32.1. The Hall–Kier alpha value is -8.66. The molecule has 0 bridgehead atoms. The van der Waals surface area contributed by atoms with Crippen molar-refractivity contribution in [3.8, 4) is 44.5 Å². The lowest BCUT2D eigenvalue weighted by Gasteiger charge is -2.19. The second-order valence-corrected chi connectivity index (χ2v) is 21.5. The van der Waals surface area contributed by atoms with Gasteiger partial charge in [-0.15, -0.1) is 22.7 Å². The molecular formula is C70H40S2. The van der Waals surface area contributed by atoms with E-state index < -0.39 is 0 Å². The second kappa shape index (κ2) is 15.4. The first-order chi connectivity index (χ1) is 35.7. The first kappa shape index (κ1) is 40.1. The molecule has 2 aromatic heterocycles. The van der Waals surface area contributed by atoms with Crippen LogP contribution in [0.1, 0.15) is 0 Å². The van der Waals surface area contributed by atoms with Crippen LogP contribution in [-0.2, 0) is 0 Å². The maximum absolute atomic E-state index is 2.46. The Morgan fingerprint density at radius 1 is 0.194 bits per heavy atom. The third-order valence-corrected chi connectivity index (χ3v) is 17.9. The summed E-state index contributed by atoms with van der Waals surface area (Å²) in [4.78, 5) is 0. The van der Waals surface area contributed by atoms with Crippen molar-refractivity contribution in [1.29, 1.82) is 0 Å². The SMILES string of the molecule is c1ccc2c(-c3c4ccccc4c(-c4ccc5c(c4)sc4ccc6c(ccc7sc8cc(-c9c%10ccccc%10c(-c%10cccc%11ccccc%10%11)c%10ccccc9%10)ccc8c76)c45)c4ccccc34)cccc2c1. The molecule has 16 aromatic rings. The Morgan fingerprint density at radius 3 is 0.875 bits per heavy atom. The van der Waals surface area contributed by atoms with Crippen LogP contribution in [0.15, 0.2) is 243 Å². The molecular weight excluding hydrogens is 905 g/mol. The number of fused-ring (bicyclic) bond motifs is 15. The van der Waals surface area contributed by atoms with Crippen LogP contribution in [0.4, 0.5) is 0 Å². The van der Waals surface area contributed by atoms with Gasteiger partial charge < -0.3 is 0 Å². The smallest absolute Gasteiger partial charge is 0.0361 e. The van der Waals surface area contributed by atoms with Crippen LogP contribution in [0.2, 0.25) is 0 Å². The van der Waals surface area contributed by atoms with Gasteiger partial charge in [-0.1, -0.05) is 218 Å². The zero-order valence-corrected chi connectivity index (χ0v) is 40.5. The lowest BCUT2D eigenvalue weighted by atomic mass is 9.84. The summed E-state index contributed by atoms with van der Waals surface area (Å²) in [6, 6.07) is 91.1. The second-order valence-electron chi connectivity index (χ2n) is 19.3. The van der Waals surface area contributed by atoms with Crippen LogP contribution in [0.25, 0.3) is 160 Å². The molecule has 0 spiro atoms. The average Bonchev–Trinajstić information content (AvgIpc) is 4.01. The molecule has 72 heavy (non-hydrogen) atoms. The van der Waals surface area contributed by atoms with E-state index in [1.165, 1.54) is 160 Å². The molecule has 14 aromatic carbocycles. The molecule has 0 aliphatic carbocycles. The predicted molar refractivity (Wildman–Crippen MR) is 317 cm³/mol. The van der Waals surface area contributed by atoms with Crippen molar-refractivity contribution < 1.29 is 0 Å². The van der Waals surface area contributed by atoms with Crippen LogP contribution < -0.4 is 0 Å². The van der Waals surface area contributed by atoms with Crippen LogP contribution in [0, 0.1) is 0 Å². The van der Waals surface area contributed by atoms with Crippen LogP contribution >= 0.6 is 22.7 Å². The molecule has 0 saturated carbocycles. The first-order valence-corrected chi connectivity index (χ1v) is 26.4. The summed E-state index contributed by atoms with van der Waals surface area (Å²) in [5, 5.41) is 23.3. The zero-order valence-electron chi connectivity index (χ0n) is 38.9. The van der Waals surface area contributed by atoms with Gasteiger partial charge in [0.2, 0.25) is 0 Å². The maximum atomic E-state index is 2.46. The molecule has 0 unspecified atom stereocenters. The van der Waals surface area contributed by atoms with Gasteiger partial charge >= 0.3 is 0 Å². The lowest BCUT2D eigenvalue weighted by Crippen LogP contribution is -1.91. The van der Waals surface area contributed by atoms with Gasteiger partial charge in [0.05, 0.1) is 0 Å². The summed E-state index contributed by atoms with van der Waals surface area (Å²) >= 11 is 3.82. The van der Waals surface area contributed by atoms with Gasteiger partial charge in [-0.05, 0) is 144 Å². The number of hydrogen-bond donors (Lipinski definition) is 0.